The molecule has 0 radical (unpaired) electrons. The number of hydrogen-bond acceptors (Lipinski definition) is 2. The van der Waals surface area contributed by atoms with Gasteiger partial charge >= 0.3 is 0 Å². The fourth-order valence-electron chi connectivity index (χ4n) is 7.47. The summed E-state index contributed by atoms with van der Waals surface area (Å²) in [6.07, 6.45) is 9.82. The van der Waals surface area contributed by atoms with E-state index in [0.29, 0.717) is 22.7 Å². The summed E-state index contributed by atoms with van der Waals surface area (Å²) in [5.74, 6) is 1.34. The Labute approximate surface area is 162 Å². The first-order valence-corrected chi connectivity index (χ1v) is 10.8. The maximum atomic E-state index is 5.07. The van der Waals surface area contributed by atoms with Crippen LogP contribution in [0.1, 0.15) is 102 Å². The topological polar surface area (TPSA) is 35.6 Å². The Hall–Kier alpha value is -1.58. The van der Waals surface area contributed by atoms with Crippen LogP contribution in [0.4, 0.5) is 0 Å². The summed E-state index contributed by atoms with van der Waals surface area (Å²) in [4.78, 5) is 0. The molecule has 6 rings (SSSR count). The molecule has 4 atom stereocenters. The molecule has 0 N–H and O–H groups in total. The third-order valence-corrected chi connectivity index (χ3v) is 10.1. The molecule has 2 heterocycles. The molecule has 144 valence electrons. The van der Waals surface area contributed by atoms with Gasteiger partial charge in [0.1, 0.15) is 6.67 Å². The minimum atomic E-state index is 0.237. The van der Waals surface area contributed by atoms with Crippen molar-refractivity contribution in [1.82, 2.24) is 19.6 Å². The van der Waals surface area contributed by atoms with Crippen molar-refractivity contribution >= 4 is 0 Å². The zero-order chi connectivity index (χ0) is 19.0. The standard InChI is InChI=1S/C23H32N4/c1-20(2)16-7-9-22(20,5)18-14(16)11-26(24-18)13-27-12-15-17-8-10-23(6,19(15)25-27)21(17,3)4/h11-12,16-17H,7-10,13H2,1-6H3/t16-,17?,22?,23+/m1/s1. The fourth-order valence-corrected chi connectivity index (χ4v) is 7.47. The van der Waals surface area contributed by atoms with Gasteiger partial charge in [-0.25, -0.2) is 0 Å². The second-order valence-corrected chi connectivity index (χ2v) is 11.4. The summed E-state index contributed by atoms with van der Waals surface area (Å²) < 4.78 is 4.29. The van der Waals surface area contributed by atoms with Crippen molar-refractivity contribution in [3.05, 3.63) is 34.9 Å². The Morgan fingerprint density at radius 2 is 1.19 bits per heavy atom. The summed E-state index contributed by atoms with van der Waals surface area (Å²) >= 11 is 0. The van der Waals surface area contributed by atoms with E-state index in [1.54, 1.807) is 0 Å². The van der Waals surface area contributed by atoms with Gasteiger partial charge in [-0.05, 0) is 59.5 Å². The molecule has 4 bridgehead atoms. The first-order chi connectivity index (χ1) is 12.6. The molecule has 2 unspecified atom stereocenters. The van der Waals surface area contributed by atoms with E-state index in [0.717, 1.165) is 6.67 Å². The number of aromatic nitrogens is 4. The van der Waals surface area contributed by atoms with Gasteiger partial charge in [0.15, 0.2) is 0 Å². The molecule has 2 fully saturated rings. The van der Waals surface area contributed by atoms with Crippen molar-refractivity contribution in [2.24, 2.45) is 10.8 Å². The quantitative estimate of drug-likeness (QED) is 0.757. The van der Waals surface area contributed by atoms with Crippen LogP contribution in [0.2, 0.25) is 0 Å². The lowest BCUT2D eigenvalue weighted by molar-refractivity contribution is 0.220. The van der Waals surface area contributed by atoms with Gasteiger partial charge in [0.25, 0.3) is 0 Å². The molecule has 4 aliphatic carbocycles. The predicted molar refractivity (Wildman–Crippen MR) is 106 cm³/mol. The summed E-state index contributed by atoms with van der Waals surface area (Å²) in [5.41, 5.74) is 6.88. The van der Waals surface area contributed by atoms with Gasteiger partial charge in [0, 0.05) is 23.2 Å². The van der Waals surface area contributed by atoms with Crippen molar-refractivity contribution < 1.29 is 0 Å². The van der Waals surface area contributed by atoms with Crippen LogP contribution in [0.15, 0.2) is 12.4 Å². The number of nitrogens with zero attached hydrogens (tertiary/aromatic N) is 4. The largest absolute Gasteiger partial charge is 0.251 e. The van der Waals surface area contributed by atoms with E-state index in [9.17, 15) is 0 Å². The average molecular weight is 365 g/mol. The first kappa shape index (κ1) is 16.4. The molecule has 0 saturated heterocycles. The van der Waals surface area contributed by atoms with Gasteiger partial charge in [0.2, 0.25) is 0 Å². The van der Waals surface area contributed by atoms with Crippen LogP contribution in [0.5, 0.6) is 0 Å². The molecule has 4 heteroatoms. The second kappa shape index (κ2) is 4.36. The van der Waals surface area contributed by atoms with Crippen LogP contribution < -0.4 is 0 Å². The summed E-state index contributed by atoms with van der Waals surface area (Å²) in [5, 5.41) is 10.1. The Bertz CT molecular complexity index is 898. The van der Waals surface area contributed by atoms with Crippen LogP contribution in [-0.4, -0.2) is 19.6 Å². The molecule has 2 aromatic rings. The normalized spacial score (nSPS) is 39.2. The zero-order valence-corrected chi connectivity index (χ0v) is 17.6. The highest BCUT2D eigenvalue weighted by Gasteiger charge is 2.62. The van der Waals surface area contributed by atoms with E-state index in [1.807, 2.05) is 0 Å². The highest BCUT2D eigenvalue weighted by molar-refractivity contribution is 5.45. The third kappa shape index (κ3) is 1.57. The van der Waals surface area contributed by atoms with E-state index < -0.39 is 0 Å². The number of fused-ring (bicyclic) bond motifs is 10. The molecule has 0 aromatic carbocycles. The van der Waals surface area contributed by atoms with E-state index >= 15 is 0 Å². The van der Waals surface area contributed by atoms with Gasteiger partial charge in [-0.3, -0.25) is 9.36 Å². The maximum Gasteiger partial charge on any atom is 0.133 e. The fraction of sp³-hybridized carbons (Fsp3) is 0.739. The van der Waals surface area contributed by atoms with Crippen molar-refractivity contribution in [3.63, 3.8) is 0 Å². The number of hydrogen-bond donors (Lipinski definition) is 0. The molecule has 4 aliphatic rings. The van der Waals surface area contributed by atoms with E-state index in [2.05, 4.69) is 63.3 Å². The van der Waals surface area contributed by atoms with Crippen LogP contribution in [0.3, 0.4) is 0 Å². The smallest absolute Gasteiger partial charge is 0.133 e. The third-order valence-electron chi connectivity index (χ3n) is 10.1. The Morgan fingerprint density at radius 1 is 0.778 bits per heavy atom. The lowest BCUT2D eigenvalue weighted by Crippen LogP contribution is -2.33. The molecular weight excluding hydrogens is 332 g/mol. The SMILES string of the molecule is CC12CC[C@H](c3cn(Cn4cc5c(n4)[C@]4(C)CCC5C4(C)C)nc31)C2(C)C. The van der Waals surface area contributed by atoms with Gasteiger partial charge in [-0.2, -0.15) is 10.2 Å². The van der Waals surface area contributed by atoms with E-state index in [-0.39, 0.29) is 10.8 Å². The number of rotatable bonds is 2. The van der Waals surface area contributed by atoms with Gasteiger partial charge in [-0.15, -0.1) is 0 Å². The molecule has 27 heavy (non-hydrogen) atoms. The highest BCUT2D eigenvalue weighted by atomic mass is 15.4. The summed E-state index contributed by atoms with van der Waals surface area (Å²) in [6, 6.07) is 0. The molecular formula is C23H32N4. The Morgan fingerprint density at radius 3 is 1.56 bits per heavy atom. The molecule has 2 saturated carbocycles. The Kier molecular flexibility index (Phi) is 2.65. The highest BCUT2D eigenvalue weighted by Crippen LogP contribution is 2.68. The average Bonchev–Trinajstić information content (AvgIpc) is 3.33. The minimum absolute atomic E-state index is 0.237. The van der Waals surface area contributed by atoms with Crippen molar-refractivity contribution in [2.75, 3.05) is 0 Å². The van der Waals surface area contributed by atoms with Crippen molar-refractivity contribution in [3.8, 4) is 0 Å². The first-order valence-electron chi connectivity index (χ1n) is 10.8. The lowest BCUT2D eigenvalue weighted by atomic mass is 9.70. The molecule has 0 aliphatic heterocycles. The molecule has 0 spiro atoms. The van der Waals surface area contributed by atoms with Crippen molar-refractivity contribution in [2.45, 2.75) is 96.6 Å². The summed E-state index contributed by atoms with van der Waals surface area (Å²) in [7, 11) is 0. The summed E-state index contributed by atoms with van der Waals surface area (Å²) in [6.45, 7) is 15.4. The van der Waals surface area contributed by atoms with Crippen LogP contribution in [0.25, 0.3) is 0 Å². The molecule has 2 aromatic heterocycles. The lowest BCUT2D eigenvalue weighted by Gasteiger charge is -2.34. The molecule has 0 amide bonds. The molecule has 4 nitrogen and oxygen atoms in total. The van der Waals surface area contributed by atoms with Gasteiger partial charge in [-0.1, -0.05) is 41.5 Å². The zero-order valence-electron chi connectivity index (χ0n) is 17.6. The Balaban J connectivity index is 1.34. The van der Waals surface area contributed by atoms with Crippen molar-refractivity contribution in [1.29, 1.82) is 0 Å². The van der Waals surface area contributed by atoms with Crippen LogP contribution in [0, 0.1) is 10.8 Å². The maximum absolute atomic E-state index is 5.07. The van der Waals surface area contributed by atoms with E-state index in [1.165, 1.54) is 48.2 Å². The van der Waals surface area contributed by atoms with E-state index in [4.69, 9.17) is 10.2 Å². The van der Waals surface area contributed by atoms with Crippen LogP contribution >= 0.6 is 0 Å². The predicted octanol–water partition coefficient (Wildman–Crippen LogP) is 4.94. The van der Waals surface area contributed by atoms with Gasteiger partial charge < -0.3 is 0 Å². The van der Waals surface area contributed by atoms with Crippen LogP contribution in [-0.2, 0) is 17.5 Å². The monoisotopic (exact) mass is 364 g/mol. The second-order valence-electron chi connectivity index (χ2n) is 11.4. The minimum Gasteiger partial charge on any atom is -0.251 e. The van der Waals surface area contributed by atoms with Gasteiger partial charge in [0.05, 0.1) is 11.4 Å².